The number of nitro benzene ring substituents is 1. The highest BCUT2D eigenvalue weighted by Gasteiger charge is 2.30. The van der Waals surface area contributed by atoms with Gasteiger partial charge in [-0.3, -0.25) is 15.1 Å². The fraction of sp³-hybridized carbons (Fsp3) is 0.0952. The number of hydrogen-bond donors (Lipinski definition) is 0. The number of hydrogen-bond acceptors (Lipinski definition) is 4. The summed E-state index contributed by atoms with van der Waals surface area (Å²) in [6.45, 7) is 0. The summed E-state index contributed by atoms with van der Waals surface area (Å²) in [6, 6.07) is 22.5. The van der Waals surface area contributed by atoms with Gasteiger partial charge >= 0.3 is 0 Å². The van der Waals surface area contributed by atoms with Gasteiger partial charge in [0.15, 0.2) is 0 Å². The number of para-hydroxylation sites is 1. The van der Waals surface area contributed by atoms with Gasteiger partial charge in [-0.05, 0) is 47.5 Å². The standard InChI is InChI=1S/C21H16FN3O2/c22-17-10-6-16(7-11-17)21-14-20(15-8-12-19(13-9-15)25(26)27)23-24(21)18-4-2-1-3-5-18/h1-13,21H,14H2/t21-/m0/s1. The lowest BCUT2D eigenvalue weighted by Crippen LogP contribution is -2.18. The normalized spacial score (nSPS) is 16.3. The van der Waals surface area contributed by atoms with Crippen LogP contribution in [0.4, 0.5) is 15.8 Å². The Balaban J connectivity index is 1.71. The van der Waals surface area contributed by atoms with Crippen molar-refractivity contribution in [1.29, 1.82) is 0 Å². The van der Waals surface area contributed by atoms with E-state index < -0.39 is 4.92 Å². The van der Waals surface area contributed by atoms with Crippen LogP contribution in [0.5, 0.6) is 0 Å². The van der Waals surface area contributed by atoms with Crippen molar-refractivity contribution in [2.45, 2.75) is 12.5 Å². The van der Waals surface area contributed by atoms with Crippen LogP contribution in [-0.4, -0.2) is 10.6 Å². The minimum absolute atomic E-state index is 0.0485. The highest BCUT2D eigenvalue weighted by molar-refractivity contribution is 6.03. The van der Waals surface area contributed by atoms with E-state index in [0.29, 0.717) is 6.42 Å². The molecule has 3 aromatic carbocycles. The van der Waals surface area contributed by atoms with Gasteiger partial charge in [-0.1, -0.05) is 30.3 Å². The molecule has 0 amide bonds. The first-order chi connectivity index (χ1) is 13.1. The van der Waals surface area contributed by atoms with E-state index in [-0.39, 0.29) is 17.5 Å². The minimum atomic E-state index is -0.419. The third-order valence-electron chi connectivity index (χ3n) is 4.60. The Kier molecular flexibility index (Phi) is 4.38. The summed E-state index contributed by atoms with van der Waals surface area (Å²) in [7, 11) is 0. The average Bonchev–Trinajstić information content (AvgIpc) is 3.15. The van der Waals surface area contributed by atoms with Crippen LogP contribution in [0.15, 0.2) is 84.0 Å². The molecule has 3 aromatic rings. The van der Waals surface area contributed by atoms with Crippen LogP contribution in [0.1, 0.15) is 23.6 Å². The predicted molar refractivity (Wildman–Crippen MR) is 102 cm³/mol. The minimum Gasteiger partial charge on any atom is -0.258 e. The molecule has 0 fully saturated rings. The molecule has 0 radical (unpaired) electrons. The summed E-state index contributed by atoms with van der Waals surface area (Å²) in [5, 5.41) is 17.6. The van der Waals surface area contributed by atoms with Gasteiger partial charge in [0.2, 0.25) is 0 Å². The third kappa shape index (κ3) is 3.42. The lowest BCUT2D eigenvalue weighted by atomic mass is 9.98. The van der Waals surface area contributed by atoms with Crippen molar-refractivity contribution in [1.82, 2.24) is 0 Å². The van der Waals surface area contributed by atoms with E-state index >= 15 is 0 Å². The Bertz CT molecular complexity index is 986. The van der Waals surface area contributed by atoms with Gasteiger partial charge in [-0.25, -0.2) is 4.39 Å². The molecule has 0 bridgehead atoms. The zero-order chi connectivity index (χ0) is 18.8. The van der Waals surface area contributed by atoms with Crippen molar-refractivity contribution >= 4 is 17.1 Å². The number of nitrogens with zero attached hydrogens (tertiary/aromatic N) is 3. The van der Waals surface area contributed by atoms with Crippen LogP contribution >= 0.6 is 0 Å². The fourth-order valence-corrected chi connectivity index (χ4v) is 3.22. The van der Waals surface area contributed by atoms with Crippen LogP contribution in [0.3, 0.4) is 0 Å². The van der Waals surface area contributed by atoms with Gasteiger partial charge in [-0.2, -0.15) is 5.10 Å². The molecule has 0 unspecified atom stereocenters. The zero-order valence-corrected chi connectivity index (χ0v) is 14.3. The Morgan fingerprint density at radius 3 is 2.26 bits per heavy atom. The van der Waals surface area contributed by atoms with Gasteiger partial charge in [-0.15, -0.1) is 0 Å². The summed E-state index contributed by atoms with van der Waals surface area (Å²) in [5.41, 5.74) is 3.62. The second-order valence-electron chi connectivity index (χ2n) is 6.30. The average molecular weight is 361 g/mol. The Labute approximate surface area is 155 Å². The van der Waals surface area contributed by atoms with Crippen LogP contribution < -0.4 is 5.01 Å². The van der Waals surface area contributed by atoms with Crippen LogP contribution in [0, 0.1) is 15.9 Å². The van der Waals surface area contributed by atoms with Gasteiger partial charge in [0, 0.05) is 18.6 Å². The van der Waals surface area contributed by atoms with Gasteiger partial charge in [0.05, 0.1) is 22.4 Å². The Morgan fingerprint density at radius 1 is 0.963 bits per heavy atom. The molecule has 27 heavy (non-hydrogen) atoms. The van der Waals surface area contributed by atoms with Crippen molar-refractivity contribution in [3.8, 4) is 0 Å². The molecular formula is C21H16FN3O2. The maximum atomic E-state index is 13.3. The summed E-state index contributed by atoms with van der Waals surface area (Å²) >= 11 is 0. The first kappa shape index (κ1) is 16.9. The summed E-state index contributed by atoms with van der Waals surface area (Å²) in [4.78, 5) is 10.5. The second kappa shape index (κ2) is 6.99. The molecule has 1 aliphatic heterocycles. The SMILES string of the molecule is O=[N+]([O-])c1ccc(C2=NN(c3ccccc3)[C@H](c3ccc(F)cc3)C2)cc1. The summed E-state index contributed by atoms with van der Waals surface area (Å²) < 4.78 is 13.3. The Morgan fingerprint density at radius 2 is 1.63 bits per heavy atom. The molecule has 0 aromatic heterocycles. The number of hydrazone groups is 1. The van der Waals surface area contributed by atoms with E-state index in [2.05, 4.69) is 0 Å². The van der Waals surface area contributed by atoms with Crippen molar-refractivity contribution in [3.05, 3.63) is 106 Å². The highest BCUT2D eigenvalue weighted by atomic mass is 19.1. The largest absolute Gasteiger partial charge is 0.269 e. The topological polar surface area (TPSA) is 58.7 Å². The van der Waals surface area contributed by atoms with E-state index in [4.69, 9.17) is 5.10 Å². The number of benzene rings is 3. The number of rotatable bonds is 4. The lowest BCUT2D eigenvalue weighted by Gasteiger charge is -2.23. The number of halogens is 1. The quantitative estimate of drug-likeness (QED) is 0.480. The zero-order valence-electron chi connectivity index (χ0n) is 14.3. The molecule has 0 spiro atoms. The molecule has 1 heterocycles. The van der Waals surface area contributed by atoms with Crippen LogP contribution in [0.25, 0.3) is 0 Å². The predicted octanol–water partition coefficient (Wildman–Crippen LogP) is 5.09. The maximum absolute atomic E-state index is 13.3. The molecular weight excluding hydrogens is 345 g/mol. The first-order valence-electron chi connectivity index (χ1n) is 8.54. The second-order valence-corrected chi connectivity index (χ2v) is 6.30. The van der Waals surface area contributed by atoms with Crippen molar-refractivity contribution in [3.63, 3.8) is 0 Å². The van der Waals surface area contributed by atoms with E-state index in [1.165, 1.54) is 24.3 Å². The van der Waals surface area contributed by atoms with E-state index in [9.17, 15) is 14.5 Å². The summed E-state index contributed by atoms with van der Waals surface area (Å²) in [6.07, 6.45) is 0.623. The fourth-order valence-electron chi connectivity index (χ4n) is 3.22. The molecule has 0 N–H and O–H groups in total. The van der Waals surface area contributed by atoms with Crippen LogP contribution in [-0.2, 0) is 0 Å². The molecule has 1 aliphatic rings. The van der Waals surface area contributed by atoms with E-state index in [0.717, 1.165) is 22.5 Å². The van der Waals surface area contributed by atoms with E-state index in [1.807, 2.05) is 35.3 Å². The number of nitro groups is 1. The molecule has 0 saturated carbocycles. The number of non-ortho nitro benzene ring substituents is 1. The van der Waals surface area contributed by atoms with E-state index in [1.54, 1.807) is 24.3 Å². The van der Waals surface area contributed by atoms with Crippen molar-refractivity contribution in [2.75, 3.05) is 5.01 Å². The molecule has 4 rings (SSSR count). The Hall–Kier alpha value is -3.54. The molecule has 134 valence electrons. The molecule has 6 heteroatoms. The molecule has 0 saturated heterocycles. The van der Waals surface area contributed by atoms with Crippen molar-refractivity contribution < 1.29 is 9.31 Å². The van der Waals surface area contributed by atoms with Crippen LogP contribution in [0.2, 0.25) is 0 Å². The molecule has 5 nitrogen and oxygen atoms in total. The van der Waals surface area contributed by atoms with Gasteiger partial charge in [0.25, 0.3) is 5.69 Å². The van der Waals surface area contributed by atoms with Crippen molar-refractivity contribution in [2.24, 2.45) is 5.10 Å². The number of anilines is 1. The lowest BCUT2D eigenvalue weighted by molar-refractivity contribution is -0.384. The highest BCUT2D eigenvalue weighted by Crippen LogP contribution is 2.36. The maximum Gasteiger partial charge on any atom is 0.269 e. The third-order valence-corrected chi connectivity index (χ3v) is 4.60. The monoisotopic (exact) mass is 361 g/mol. The van der Waals surface area contributed by atoms with Gasteiger partial charge < -0.3 is 0 Å². The first-order valence-corrected chi connectivity index (χ1v) is 8.54. The smallest absolute Gasteiger partial charge is 0.258 e. The van der Waals surface area contributed by atoms with Gasteiger partial charge in [0.1, 0.15) is 5.82 Å². The summed E-state index contributed by atoms with van der Waals surface area (Å²) in [5.74, 6) is -0.278. The molecule has 0 aliphatic carbocycles. The molecule has 1 atom stereocenters.